The largest absolute Gasteiger partial charge is 0.465 e. The van der Waals surface area contributed by atoms with Crippen LogP contribution in [0.5, 0.6) is 0 Å². The van der Waals surface area contributed by atoms with Gasteiger partial charge in [-0.05, 0) is 25.7 Å². The molecule has 0 spiro atoms. The van der Waals surface area contributed by atoms with Gasteiger partial charge in [-0.25, -0.2) is 4.98 Å². The van der Waals surface area contributed by atoms with E-state index in [-0.39, 0.29) is 17.8 Å². The number of aromatic nitrogens is 3. The predicted molar refractivity (Wildman–Crippen MR) is 76.4 cm³/mol. The molecule has 1 aromatic rings. The van der Waals surface area contributed by atoms with Crippen molar-refractivity contribution in [3.8, 4) is 0 Å². The first kappa shape index (κ1) is 15.0. The van der Waals surface area contributed by atoms with Crippen LogP contribution < -0.4 is 0 Å². The van der Waals surface area contributed by atoms with Crippen molar-refractivity contribution in [3.05, 3.63) is 11.6 Å². The fraction of sp³-hybridized carbons (Fsp3) is 0.800. The first-order valence-corrected chi connectivity index (χ1v) is 7.72. The molecule has 1 N–H and O–H groups in total. The van der Waals surface area contributed by atoms with Crippen molar-refractivity contribution in [2.45, 2.75) is 64.7 Å². The summed E-state index contributed by atoms with van der Waals surface area (Å²) in [5.74, 6) is 1.53. The molecule has 1 unspecified atom stereocenters. The molecule has 1 aliphatic rings. The number of aromatic amines is 1. The van der Waals surface area contributed by atoms with Crippen molar-refractivity contribution in [1.82, 2.24) is 15.2 Å². The second kappa shape index (κ2) is 6.86. The van der Waals surface area contributed by atoms with Crippen LogP contribution in [0.3, 0.4) is 0 Å². The molecule has 1 aromatic heterocycles. The van der Waals surface area contributed by atoms with E-state index in [0.29, 0.717) is 18.3 Å². The van der Waals surface area contributed by atoms with Gasteiger partial charge in [0.25, 0.3) is 0 Å². The molecule has 0 radical (unpaired) electrons. The summed E-state index contributed by atoms with van der Waals surface area (Å²) in [6.45, 7) is 6.21. The van der Waals surface area contributed by atoms with Crippen LogP contribution in [0.1, 0.15) is 76.4 Å². The van der Waals surface area contributed by atoms with Crippen molar-refractivity contribution >= 4 is 5.97 Å². The van der Waals surface area contributed by atoms with Gasteiger partial charge in [0, 0.05) is 5.92 Å². The normalized spacial score (nSPS) is 18.2. The van der Waals surface area contributed by atoms with Crippen molar-refractivity contribution in [2.75, 3.05) is 6.61 Å². The fourth-order valence-electron chi connectivity index (χ4n) is 2.89. The lowest BCUT2D eigenvalue weighted by atomic mass is 9.89. The SMILES string of the molecule is CCOC(=O)C(c1n[nH]c(C2CCCCC2)n1)C(C)C. The monoisotopic (exact) mass is 279 g/mol. The molecule has 20 heavy (non-hydrogen) atoms. The molecule has 1 fully saturated rings. The van der Waals surface area contributed by atoms with Gasteiger partial charge >= 0.3 is 5.97 Å². The van der Waals surface area contributed by atoms with Gasteiger partial charge in [-0.1, -0.05) is 33.1 Å². The highest BCUT2D eigenvalue weighted by Crippen LogP contribution is 2.32. The Kier molecular flexibility index (Phi) is 5.15. The summed E-state index contributed by atoms with van der Waals surface area (Å²) < 4.78 is 5.14. The highest BCUT2D eigenvalue weighted by Gasteiger charge is 2.30. The molecule has 5 nitrogen and oxygen atoms in total. The van der Waals surface area contributed by atoms with E-state index in [2.05, 4.69) is 15.2 Å². The van der Waals surface area contributed by atoms with Crippen LogP contribution in [0.2, 0.25) is 0 Å². The van der Waals surface area contributed by atoms with Gasteiger partial charge in [0.15, 0.2) is 5.82 Å². The zero-order valence-electron chi connectivity index (χ0n) is 12.7. The van der Waals surface area contributed by atoms with E-state index >= 15 is 0 Å². The second-order valence-corrected chi connectivity index (χ2v) is 5.89. The van der Waals surface area contributed by atoms with E-state index in [1.165, 1.54) is 32.1 Å². The molecule has 1 heterocycles. The number of nitrogens with one attached hydrogen (secondary N) is 1. The van der Waals surface area contributed by atoms with E-state index in [4.69, 9.17) is 4.74 Å². The molecule has 0 amide bonds. The topological polar surface area (TPSA) is 67.9 Å². The standard InChI is InChI=1S/C15H25N3O2/c1-4-20-15(19)12(10(2)3)14-16-13(17-18-14)11-8-6-5-7-9-11/h10-12H,4-9H2,1-3H3,(H,16,17,18). The molecule has 1 atom stereocenters. The van der Waals surface area contributed by atoms with E-state index in [0.717, 1.165) is 5.82 Å². The average Bonchev–Trinajstić information content (AvgIpc) is 2.89. The number of hydrogen-bond donors (Lipinski definition) is 1. The number of rotatable bonds is 5. The van der Waals surface area contributed by atoms with E-state index < -0.39 is 0 Å². The number of hydrogen-bond acceptors (Lipinski definition) is 4. The summed E-state index contributed by atoms with van der Waals surface area (Å²) in [4.78, 5) is 16.6. The third kappa shape index (κ3) is 3.38. The molecule has 0 saturated heterocycles. The third-order valence-electron chi connectivity index (χ3n) is 4.00. The Balaban J connectivity index is 2.13. The summed E-state index contributed by atoms with van der Waals surface area (Å²) in [7, 11) is 0. The number of H-pyrrole nitrogens is 1. The molecular weight excluding hydrogens is 254 g/mol. The molecule has 0 bridgehead atoms. The Morgan fingerprint density at radius 2 is 2.05 bits per heavy atom. The highest BCUT2D eigenvalue weighted by atomic mass is 16.5. The summed E-state index contributed by atoms with van der Waals surface area (Å²) >= 11 is 0. The second-order valence-electron chi connectivity index (χ2n) is 5.89. The van der Waals surface area contributed by atoms with Gasteiger partial charge < -0.3 is 4.74 Å². The Bertz CT molecular complexity index is 436. The van der Waals surface area contributed by atoms with Gasteiger partial charge in [0.2, 0.25) is 0 Å². The van der Waals surface area contributed by atoms with Gasteiger partial charge in [0.05, 0.1) is 6.61 Å². The van der Waals surface area contributed by atoms with Crippen LogP contribution >= 0.6 is 0 Å². The van der Waals surface area contributed by atoms with Crippen molar-refractivity contribution < 1.29 is 9.53 Å². The van der Waals surface area contributed by atoms with Gasteiger partial charge in [0.1, 0.15) is 11.7 Å². The minimum Gasteiger partial charge on any atom is -0.465 e. The van der Waals surface area contributed by atoms with Crippen LogP contribution in [0.4, 0.5) is 0 Å². The molecule has 2 rings (SSSR count). The summed E-state index contributed by atoms with van der Waals surface area (Å²) in [5.41, 5.74) is 0. The lowest BCUT2D eigenvalue weighted by Gasteiger charge is -2.19. The Hall–Kier alpha value is -1.39. The smallest absolute Gasteiger partial charge is 0.317 e. The summed E-state index contributed by atoms with van der Waals surface area (Å²) in [6.07, 6.45) is 6.16. The zero-order chi connectivity index (χ0) is 14.5. The number of carbonyl (C=O) groups excluding carboxylic acids is 1. The molecule has 0 aromatic carbocycles. The van der Waals surface area contributed by atoms with Crippen molar-refractivity contribution in [3.63, 3.8) is 0 Å². The third-order valence-corrected chi connectivity index (χ3v) is 4.00. The van der Waals surface area contributed by atoms with E-state index in [9.17, 15) is 4.79 Å². The molecular formula is C15H25N3O2. The number of ether oxygens (including phenoxy) is 1. The van der Waals surface area contributed by atoms with Crippen LogP contribution in [0.15, 0.2) is 0 Å². The fourth-order valence-corrected chi connectivity index (χ4v) is 2.89. The van der Waals surface area contributed by atoms with E-state index in [1.807, 2.05) is 20.8 Å². The summed E-state index contributed by atoms with van der Waals surface area (Å²) in [5, 5.41) is 7.32. The van der Waals surface area contributed by atoms with Gasteiger partial charge in [-0.3, -0.25) is 9.89 Å². The van der Waals surface area contributed by atoms with Gasteiger partial charge in [-0.2, -0.15) is 5.10 Å². The van der Waals surface area contributed by atoms with Gasteiger partial charge in [-0.15, -0.1) is 0 Å². The summed E-state index contributed by atoms with van der Waals surface area (Å²) in [6, 6.07) is 0. The molecule has 5 heteroatoms. The molecule has 0 aliphatic heterocycles. The highest BCUT2D eigenvalue weighted by molar-refractivity contribution is 5.77. The first-order valence-electron chi connectivity index (χ1n) is 7.72. The van der Waals surface area contributed by atoms with Crippen molar-refractivity contribution in [1.29, 1.82) is 0 Å². The Morgan fingerprint density at radius 3 is 2.65 bits per heavy atom. The maximum absolute atomic E-state index is 12.1. The first-order chi connectivity index (χ1) is 9.63. The molecule has 1 aliphatic carbocycles. The lowest BCUT2D eigenvalue weighted by molar-refractivity contribution is -0.146. The predicted octanol–water partition coefficient (Wildman–Crippen LogP) is 3.16. The van der Waals surface area contributed by atoms with Crippen LogP contribution in [-0.2, 0) is 9.53 Å². The number of nitrogens with zero attached hydrogens (tertiary/aromatic N) is 2. The van der Waals surface area contributed by atoms with Crippen molar-refractivity contribution in [2.24, 2.45) is 5.92 Å². The Labute approximate surface area is 120 Å². The number of esters is 1. The molecule has 112 valence electrons. The van der Waals surface area contributed by atoms with E-state index in [1.54, 1.807) is 0 Å². The van der Waals surface area contributed by atoms with Crippen LogP contribution in [-0.4, -0.2) is 27.8 Å². The number of carbonyl (C=O) groups is 1. The lowest BCUT2D eigenvalue weighted by Crippen LogP contribution is -2.22. The van der Waals surface area contributed by atoms with Crippen LogP contribution in [0, 0.1) is 5.92 Å². The maximum Gasteiger partial charge on any atom is 0.317 e. The minimum atomic E-state index is -0.372. The quantitative estimate of drug-likeness (QED) is 0.841. The Morgan fingerprint density at radius 1 is 1.35 bits per heavy atom. The minimum absolute atomic E-state index is 0.129. The average molecular weight is 279 g/mol. The van der Waals surface area contributed by atoms with Crippen LogP contribution in [0.25, 0.3) is 0 Å². The maximum atomic E-state index is 12.1. The molecule has 1 saturated carbocycles. The zero-order valence-corrected chi connectivity index (χ0v) is 12.7.